The summed E-state index contributed by atoms with van der Waals surface area (Å²) in [6.07, 6.45) is -0.228. The molecule has 180 valence electrons. The summed E-state index contributed by atoms with van der Waals surface area (Å²) in [5, 5.41) is 0. The van der Waals surface area contributed by atoms with E-state index in [1.54, 1.807) is 25.3 Å². The lowest BCUT2D eigenvalue weighted by Gasteiger charge is -2.13. The van der Waals surface area contributed by atoms with Crippen LogP contribution in [-0.4, -0.2) is 60.3 Å². The van der Waals surface area contributed by atoms with Crippen molar-refractivity contribution in [2.24, 2.45) is 0 Å². The van der Waals surface area contributed by atoms with Crippen molar-refractivity contribution in [2.45, 2.75) is 32.7 Å². The van der Waals surface area contributed by atoms with Gasteiger partial charge in [0.15, 0.2) is 0 Å². The Kier molecular flexibility index (Phi) is 11.6. The van der Waals surface area contributed by atoms with Crippen LogP contribution in [0, 0.1) is 23.3 Å². The Bertz CT molecular complexity index is 1050. The van der Waals surface area contributed by atoms with Gasteiger partial charge in [-0.15, -0.1) is 5.54 Å². The molecule has 34 heavy (non-hydrogen) atoms. The monoisotopic (exact) mass is 478 g/mol. The molecule has 0 spiro atoms. The number of ether oxygens (including phenoxy) is 4. The van der Waals surface area contributed by atoms with Gasteiger partial charge in [-0.3, -0.25) is 0 Å². The van der Waals surface area contributed by atoms with Crippen LogP contribution in [0.3, 0.4) is 0 Å². The van der Waals surface area contributed by atoms with E-state index in [0.29, 0.717) is 32.0 Å². The Morgan fingerprint density at radius 3 is 2.18 bits per heavy atom. The fraction of sp³-hybridized carbons (Fsp3) is 0.393. The number of hydrogen-bond acceptors (Lipinski definition) is 5. The Labute approximate surface area is 204 Å². The van der Waals surface area contributed by atoms with Gasteiger partial charge in [-0.2, -0.15) is 0 Å². The summed E-state index contributed by atoms with van der Waals surface area (Å²) in [5.74, 6) is 9.13. The quantitative estimate of drug-likeness (QED) is 0.217. The van der Waals surface area contributed by atoms with Crippen molar-refractivity contribution in [2.75, 3.05) is 40.1 Å². The molecule has 2 rings (SSSR count). The average Bonchev–Trinajstić information content (AvgIpc) is 2.82. The molecule has 2 aromatic carbocycles. The molecule has 6 heteroatoms. The van der Waals surface area contributed by atoms with E-state index in [-0.39, 0.29) is 12.7 Å². The van der Waals surface area contributed by atoms with Crippen molar-refractivity contribution in [1.82, 2.24) is 0 Å². The van der Waals surface area contributed by atoms with E-state index in [0.717, 1.165) is 16.7 Å². The van der Waals surface area contributed by atoms with Gasteiger partial charge in [0.1, 0.15) is 14.7 Å². The first-order valence-corrected chi connectivity index (χ1v) is 14.9. The van der Waals surface area contributed by atoms with Gasteiger partial charge in [-0.1, -0.05) is 49.5 Å². The predicted octanol–water partition coefficient (Wildman–Crippen LogP) is 4.54. The zero-order chi connectivity index (χ0) is 24.8. The zero-order valence-corrected chi connectivity index (χ0v) is 21.8. The second-order valence-corrected chi connectivity index (χ2v) is 13.5. The molecular formula is C28H34O5Si. The largest absolute Gasteiger partial charge is 0.459 e. The fourth-order valence-electron chi connectivity index (χ4n) is 2.68. The first-order valence-electron chi connectivity index (χ1n) is 11.4. The summed E-state index contributed by atoms with van der Waals surface area (Å²) < 4.78 is 21.2. The Morgan fingerprint density at radius 2 is 1.50 bits per heavy atom. The van der Waals surface area contributed by atoms with Crippen molar-refractivity contribution >= 4 is 14.0 Å². The summed E-state index contributed by atoms with van der Waals surface area (Å²) in [5.41, 5.74) is 6.41. The zero-order valence-electron chi connectivity index (χ0n) is 20.8. The molecule has 0 fully saturated rings. The maximum atomic E-state index is 12.4. The van der Waals surface area contributed by atoms with Crippen molar-refractivity contribution in [3.8, 4) is 23.3 Å². The molecule has 0 aliphatic carbocycles. The molecule has 0 saturated heterocycles. The van der Waals surface area contributed by atoms with Gasteiger partial charge in [-0.25, -0.2) is 4.79 Å². The van der Waals surface area contributed by atoms with Crippen molar-refractivity contribution in [3.05, 3.63) is 70.8 Å². The molecule has 0 aromatic heterocycles. The van der Waals surface area contributed by atoms with Gasteiger partial charge in [0.25, 0.3) is 0 Å². The third-order valence-electron chi connectivity index (χ3n) is 4.40. The molecule has 0 unspecified atom stereocenters. The Balaban J connectivity index is 1.90. The van der Waals surface area contributed by atoms with E-state index in [2.05, 4.69) is 42.9 Å². The van der Waals surface area contributed by atoms with Gasteiger partial charge >= 0.3 is 5.97 Å². The van der Waals surface area contributed by atoms with Gasteiger partial charge in [0.2, 0.25) is 0 Å². The maximum Gasteiger partial charge on any atom is 0.338 e. The SMILES string of the molecule is COCCOCCO[C@@H](C)COC(=O)c1cccc(C#Cc2cccc(C#C[Si](C)(C)C)c2)c1. The molecule has 2 aromatic rings. The molecule has 5 nitrogen and oxygen atoms in total. The smallest absolute Gasteiger partial charge is 0.338 e. The third-order valence-corrected chi connectivity index (χ3v) is 5.28. The van der Waals surface area contributed by atoms with Crippen LogP contribution in [0.4, 0.5) is 0 Å². The van der Waals surface area contributed by atoms with Crippen LogP contribution >= 0.6 is 0 Å². The second-order valence-electron chi connectivity index (χ2n) is 8.80. The second kappa shape index (κ2) is 14.4. The normalized spacial score (nSPS) is 11.6. The van der Waals surface area contributed by atoms with E-state index < -0.39 is 14.0 Å². The summed E-state index contributed by atoms with van der Waals surface area (Å²) in [4.78, 5) is 12.4. The van der Waals surface area contributed by atoms with Crippen molar-refractivity contribution < 1.29 is 23.7 Å². The minimum absolute atomic E-state index is 0.165. The first-order chi connectivity index (χ1) is 16.3. The predicted molar refractivity (Wildman–Crippen MR) is 137 cm³/mol. The molecule has 0 heterocycles. The number of carbonyl (C=O) groups excluding carboxylic acids is 1. The Hall–Kier alpha value is -2.87. The molecule has 0 bridgehead atoms. The van der Waals surface area contributed by atoms with Crippen LogP contribution in [0.5, 0.6) is 0 Å². The highest BCUT2D eigenvalue weighted by Crippen LogP contribution is 2.09. The highest BCUT2D eigenvalue weighted by atomic mass is 28.3. The number of rotatable bonds is 10. The van der Waals surface area contributed by atoms with Crippen LogP contribution < -0.4 is 0 Å². The fourth-order valence-corrected chi connectivity index (χ4v) is 3.20. The average molecular weight is 479 g/mol. The van der Waals surface area contributed by atoms with Crippen LogP contribution in [-0.2, 0) is 18.9 Å². The molecule has 0 aliphatic rings. The maximum absolute atomic E-state index is 12.4. The summed E-state index contributed by atoms with van der Waals surface area (Å²) in [6, 6.07) is 15.0. The van der Waals surface area contributed by atoms with E-state index in [1.165, 1.54) is 0 Å². The third kappa shape index (κ3) is 11.3. The van der Waals surface area contributed by atoms with E-state index in [4.69, 9.17) is 18.9 Å². The van der Waals surface area contributed by atoms with Crippen molar-refractivity contribution in [1.29, 1.82) is 0 Å². The van der Waals surface area contributed by atoms with Gasteiger partial charge < -0.3 is 18.9 Å². The molecule has 0 radical (unpaired) electrons. The van der Waals surface area contributed by atoms with Crippen LogP contribution in [0.2, 0.25) is 19.6 Å². The lowest BCUT2D eigenvalue weighted by molar-refractivity contribution is -0.0269. The molecule has 1 atom stereocenters. The van der Waals surface area contributed by atoms with E-state index in [1.807, 2.05) is 37.3 Å². The lowest BCUT2D eigenvalue weighted by Crippen LogP contribution is -2.21. The van der Waals surface area contributed by atoms with E-state index in [9.17, 15) is 4.79 Å². The lowest BCUT2D eigenvalue weighted by atomic mass is 10.1. The standard InChI is InChI=1S/C28H34O5Si/c1-23(32-18-17-31-16-15-30-2)22-33-28(29)27-11-7-10-25(21-27)13-12-24-8-6-9-26(20-24)14-19-34(3,4)5/h6-11,20-21,23H,15-18,22H2,1-5H3/t23-/m0/s1. The van der Waals surface area contributed by atoms with E-state index >= 15 is 0 Å². The molecule has 0 aliphatic heterocycles. The first kappa shape index (κ1) is 27.4. The summed E-state index contributed by atoms with van der Waals surface area (Å²) >= 11 is 0. The molecule has 0 saturated carbocycles. The highest BCUT2D eigenvalue weighted by molar-refractivity contribution is 6.83. The highest BCUT2D eigenvalue weighted by Gasteiger charge is 2.11. The molecular weight excluding hydrogens is 444 g/mol. The number of esters is 1. The molecule has 0 N–H and O–H groups in total. The van der Waals surface area contributed by atoms with Crippen LogP contribution in [0.15, 0.2) is 48.5 Å². The number of carbonyl (C=O) groups is 1. The topological polar surface area (TPSA) is 54.0 Å². The minimum atomic E-state index is -1.43. The van der Waals surface area contributed by atoms with Crippen molar-refractivity contribution in [3.63, 3.8) is 0 Å². The van der Waals surface area contributed by atoms with Gasteiger partial charge in [0.05, 0.1) is 38.1 Å². The Morgan fingerprint density at radius 1 is 0.882 bits per heavy atom. The number of benzene rings is 2. The number of methoxy groups -OCH3 is 1. The van der Waals surface area contributed by atoms with Gasteiger partial charge in [-0.05, 0) is 43.3 Å². The number of hydrogen-bond donors (Lipinski definition) is 0. The molecule has 0 amide bonds. The van der Waals surface area contributed by atoms with Crippen LogP contribution in [0.25, 0.3) is 0 Å². The van der Waals surface area contributed by atoms with Crippen LogP contribution in [0.1, 0.15) is 34.0 Å². The summed E-state index contributed by atoms with van der Waals surface area (Å²) in [7, 11) is 0.196. The summed E-state index contributed by atoms with van der Waals surface area (Å²) in [6.45, 7) is 10.7. The minimum Gasteiger partial charge on any atom is -0.459 e. The van der Waals surface area contributed by atoms with Gasteiger partial charge in [0, 0.05) is 23.8 Å².